The zero-order chi connectivity index (χ0) is 19.8. The van der Waals surface area contributed by atoms with Crippen molar-refractivity contribution in [2.24, 2.45) is 5.92 Å². The van der Waals surface area contributed by atoms with E-state index in [1.165, 1.54) is 43.9 Å². The van der Waals surface area contributed by atoms with E-state index in [0.29, 0.717) is 29.8 Å². The summed E-state index contributed by atoms with van der Waals surface area (Å²) in [4.78, 5) is 12.3. The van der Waals surface area contributed by atoms with Crippen LogP contribution in [0.4, 0.5) is 0 Å². The van der Waals surface area contributed by atoms with Crippen LogP contribution in [0.15, 0.2) is 29.4 Å². The lowest BCUT2D eigenvalue weighted by atomic mass is 9.89. The molecule has 0 radical (unpaired) electrons. The summed E-state index contributed by atoms with van der Waals surface area (Å²) in [7, 11) is 1.66. The summed E-state index contributed by atoms with van der Waals surface area (Å²) in [6.45, 7) is 1.94. The Balaban J connectivity index is 1.60. The van der Waals surface area contributed by atoms with Crippen LogP contribution in [0.25, 0.3) is 11.4 Å². The maximum absolute atomic E-state index is 12.3. The van der Waals surface area contributed by atoms with Crippen molar-refractivity contribution < 1.29 is 9.53 Å². The van der Waals surface area contributed by atoms with Gasteiger partial charge in [-0.15, -0.1) is 10.2 Å². The number of nitrogens with zero attached hydrogens (tertiary/aromatic N) is 3. The number of aromatic nitrogens is 3. The van der Waals surface area contributed by atoms with Crippen LogP contribution in [0.2, 0.25) is 5.02 Å². The highest BCUT2D eigenvalue weighted by atomic mass is 35.5. The topological polar surface area (TPSA) is 69.0 Å². The van der Waals surface area contributed by atoms with Crippen molar-refractivity contribution >= 4 is 29.3 Å². The van der Waals surface area contributed by atoms with Crippen LogP contribution in [0.1, 0.15) is 32.1 Å². The first-order valence-electron chi connectivity index (χ1n) is 9.75. The summed E-state index contributed by atoms with van der Waals surface area (Å²) >= 11 is 7.39. The van der Waals surface area contributed by atoms with E-state index in [4.69, 9.17) is 16.3 Å². The highest BCUT2D eigenvalue weighted by molar-refractivity contribution is 7.99. The quantitative estimate of drug-likeness (QED) is 0.618. The SMILES string of the molecule is COCCn1c(SCC(=O)NCC2CCCCC2)nnc1-c1ccc(Cl)cc1. The number of nitrogens with one attached hydrogen (secondary N) is 1. The predicted molar refractivity (Wildman–Crippen MR) is 113 cm³/mol. The van der Waals surface area contributed by atoms with Gasteiger partial charge in [0.2, 0.25) is 5.91 Å². The first-order valence-corrected chi connectivity index (χ1v) is 11.1. The van der Waals surface area contributed by atoms with E-state index in [0.717, 1.165) is 23.1 Å². The number of hydrogen-bond donors (Lipinski definition) is 1. The molecule has 0 atom stereocenters. The number of hydrogen-bond acceptors (Lipinski definition) is 5. The molecule has 0 bridgehead atoms. The van der Waals surface area contributed by atoms with Crippen molar-refractivity contribution in [1.29, 1.82) is 0 Å². The van der Waals surface area contributed by atoms with Gasteiger partial charge in [0.15, 0.2) is 11.0 Å². The minimum atomic E-state index is 0.0462. The summed E-state index contributed by atoms with van der Waals surface area (Å²) in [6, 6.07) is 7.50. The van der Waals surface area contributed by atoms with Gasteiger partial charge in [-0.25, -0.2) is 0 Å². The molecule has 1 fully saturated rings. The second-order valence-electron chi connectivity index (χ2n) is 7.05. The van der Waals surface area contributed by atoms with Crippen molar-refractivity contribution in [2.45, 2.75) is 43.8 Å². The van der Waals surface area contributed by atoms with E-state index < -0.39 is 0 Å². The van der Waals surface area contributed by atoms with Gasteiger partial charge in [-0.2, -0.15) is 0 Å². The summed E-state index contributed by atoms with van der Waals surface area (Å²) in [5, 5.41) is 13.1. The van der Waals surface area contributed by atoms with E-state index in [1.807, 2.05) is 28.8 Å². The summed E-state index contributed by atoms with van der Waals surface area (Å²) in [6.07, 6.45) is 6.34. The average Bonchev–Trinajstić information content (AvgIpc) is 3.13. The van der Waals surface area contributed by atoms with Crippen LogP contribution in [0, 0.1) is 5.92 Å². The maximum atomic E-state index is 12.3. The Morgan fingerprint density at radius 2 is 2.00 bits per heavy atom. The molecule has 0 saturated heterocycles. The van der Waals surface area contributed by atoms with Gasteiger partial charge >= 0.3 is 0 Å². The van der Waals surface area contributed by atoms with Gasteiger partial charge in [-0.3, -0.25) is 9.36 Å². The van der Waals surface area contributed by atoms with E-state index in [2.05, 4.69) is 15.5 Å². The lowest BCUT2D eigenvalue weighted by molar-refractivity contribution is -0.118. The van der Waals surface area contributed by atoms with Gasteiger partial charge < -0.3 is 10.1 Å². The molecule has 1 aliphatic rings. The fraction of sp³-hybridized carbons (Fsp3) is 0.550. The first-order chi connectivity index (χ1) is 13.7. The number of halogens is 1. The molecule has 0 spiro atoms. The summed E-state index contributed by atoms with van der Waals surface area (Å²) in [5.41, 5.74) is 0.932. The fourth-order valence-electron chi connectivity index (χ4n) is 3.42. The standard InChI is InChI=1S/C20H27ClN4O2S/c1-27-12-11-25-19(16-7-9-17(21)10-8-16)23-24-20(25)28-14-18(26)22-13-15-5-3-2-4-6-15/h7-10,15H,2-6,11-14H2,1H3,(H,22,26). The normalized spacial score (nSPS) is 14.9. The molecule has 1 heterocycles. The maximum Gasteiger partial charge on any atom is 0.230 e. The number of methoxy groups -OCH3 is 1. The highest BCUT2D eigenvalue weighted by Crippen LogP contribution is 2.25. The number of carbonyl (C=O) groups excluding carboxylic acids is 1. The molecule has 1 aliphatic carbocycles. The molecule has 2 aromatic rings. The third-order valence-corrected chi connectivity index (χ3v) is 6.20. The van der Waals surface area contributed by atoms with E-state index in [1.54, 1.807) is 7.11 Å². The van der Waals surface area contributed by atoms with Crippen molar-refractivity contribution in [2.75, 3.05) is 26.0 Å². The van der Waals surface area contributed by atoms with E-state index >= 15 is 0 Å². The van der Waals surface area contributed by atoms with Gasteiger partial charge in [0, 0.05) is 24.2 Å². The molecule has 1 aromatic heterocycles. The van der Waals surface area contributed by atoms with Gasteiger partial charge in [0.1, 0.15) is 0 Å². The molecule has 28 heavy (non-hydrogen) atoms. The summed E-state index contributed by atoms with van der Waals surface area (Å²) < 4.78 is 7.22. The summed E-state index contributed by atoms with van der Waals surface area (Å²) in [5.74, 6) is 1.76. The monoisotopic (exact) mass is 422 g/mol. The van der Waals surface area contributed by atoms with E-state index in [9.17, 15) is 4.79 Å². The van der Waals surface area contributed by atoms with Crippen LogP contribution < -0.4 is 5.32 Å². The van der Waals surface area contributed by atoms with Crippen molar-refractivity contribution in [1.82, 2.24) is 20.1 Å². The fourth-order valence-corrected chi connectivity index (χ4v) is 4.34. The molecule has 0 unspecified atom stereocenters. The molecule has 1 aromatic carbocycles. The molecular weight excluding hydrogens is 396 g/mol. The minimum absolute atomic E-state index is 0.0462. The Morgan fingerprint density at radius 3 is 2.71 bits per heavy atom. The van der Waals surface area contributed by atoms with E-state index in [-0.39, 0.29) is 5.91 Å². The zero-order valence-corrected chi connectivity index (χ0v) is 17.8. The number of carbonyl (C=O) groups is 1. The Kier molecular flexibility index (Phi) is 8.18. The van der Waals surface area contributed by atoms with Crippen molar-refractivity contribution in [3.8, 4) is 11.4 Å². The Hall–Kier alpha value is -1.57. The molecule has 1 saturated carbocycles. The Bertz CT molecular complexity index is 760. The van der Waals surface area contributed by atoms with Gasteiger partial charge in [0.05, 0.1) is 18.9 Å². The highest BCUT2D eigenvalue weighted by Gasteiger charge is 2.17. The zero-order valence-electron chi connectivity index (χ0n) is 16.2. The number of benzene rings is 1. The molecule has 3 rings (SSSR count). The van der Waals surface area contributed by atoms with Gasteiger partial charge in [-0.05, 0) is 43.0 Å². The van der Waals surface area contributed by atoms with Gasteiger partial charge in [0.25, 0.3) is 0 Å². The van der Waals surface area contributed by atoms with Crippen LogP contribution in [-0.4, -0.2) is 46.7 Å². The van der Waals surface area contributed by atoms with Crippen LogP contribution in [0.3, 0.4) is 0 Å². The number of thioether (sulfide) groups is 1. The lowest BCUT2D eigenvalue weighted by Gasteiger charge is -2.21. The van der Waals surface area contributed by atoms with Crippen molar-refractivity contribution in [3.05, 3.63) is 29.3 Å². The smallest absolute Gasteiger partial charge is 0.230 e. The molecule has 6 nitrogen and oxygen atoms in total. The Labute approximate surface area is 175 Å². The second kappa shape index (κ2) is 10.8. The number of rotatable bonds is 9. The molecule has 1 amide bonds. The second-order valence-corrected chi connectivity index (χ2v) is 8.43. The van der Waals surface area contributed by atoms with Crippen molar-refractivity contribution in [3.63, 3.8) is 0 Å². The number of amides is 1. The number of ether oxygens (including phenoxy) is 1. The molecule has 1 N–H and O–H groups in total. The Morgan fingerprint density at radius 1 is 1.25 bits per heavy atom. The largest absolute Gasteiger partial charge is 0.383 e. The van der Waals surface area contributed by atoms with Crippen LogP contribution in [0.5, 0.6) is 0 Å². The molecule has 8 heteroatoms. The first kappa shape index (κ1) is 21.1. The van der Waals surface area contributed by atoms with Crippen LogP contribution >= 0.6 is 23.4 Å². The minimum Gasteiger partial charge on any atom is -0.383 e. The molecule has 0 aliphatic heterocycles. The lowest BCUT2D eigenvalue weighted by Crippen LogP contribution is -2.31. The predicted octanol–water partition coefficient (Wildman–Crippen LogP) is 4.03. The molecule has 152 valence electrons. The van der Waals surface area contributed by atoms with Crippen LogP contribution in [-0.2, 0) is 16.1 Å². The molecular formula is C20H27ClN4O2S. The van der Waals surface area contributed by atoms with Gasteiger partial charge in [-0.1, -0.05) is 42.6 Å². The third kappa shape index (κ3) is 5.96. The third-order valence-electron chi connectivity index (χ3n) is 4.98. The average molecular weight is 423 g/mol.